The summed E-state index contributed by atoms with van der Waals surface area (Å²) in [5.74, 6) is 2.21. The van der Waals surface area contributed by atoms with Crippen molar-refractivity contribution in [2.45, 2.75) is 26.9 Å². The normalized spacial score (nSPS) is 12.6. The molecule has 0 radical (unpaired) electrons. The van der Waals surface area contributed by atoms with Crippen LogP contribution in [0.5, 0.6) is 5.75 Å². The quantitative estimate of drug-likeness (QED) is 0.799. The van der Waals surface area contributed by atoms with Crippen molar-refractivity contribution in [1.82, 2.24) is 4.98 Å². The van der Waals surface area contributed by atoms with E-state index in [1.165, 1.54) is 0 Å². The molecule has 78 valence electrons. The molecule has 1 rings (SSSR count). The van der Waals surface area contributed by atoms with Gasteiger partial charge in [-0.2, -0.15) is 0 Å². The predicted molar refractivity (Wildman–Crippen MR) is 58.7 cm³/mol. The number of ether oxygens (including phenoxy) is 1. The van der Waals surface area contributed by atoms with Gasteiger partial charge in [0.2, 0.25) is 0 Å². The zero-order valence-corrected chi connectivity index (χ0v) is 9.24. The van der Waals surface area contributed by atoms with Gasteiger partial charge in [-0.15, -0.1) is 0 Å². The van der Waals surface area contributed by atoms with Crippen LogP contribution in [-0.2, 0) is 0 Å². The van der Waals surface area contributed by atoms with Gasteiger partial charge in [0.25, 0.3) is 0 Å². The molecule has 1 heterocycles. The topological polar surface area (TPSA) is 34.1 Å². The highest BCUT2D eigenvalue weighted by molar-refractivity contribution is 5.39. The third-order valence-corrected chi connectivity index (χ3v) is 2.25. The molecule has 1 unspecified atom stereocenters. The molecule has 0 spiro atoms. The standard InChI is InChI=1S/C11H18N2O/c1-8(2)9(3)14-10-5-6-13-11(7-10)12-4/h5-9H,1-4H3,(H,12,13). The Morgan fingerprint density at radius 1 is 1.36 bits per heavy atom. The number of hydrogen-bond acceptors (Lipinski definition) is 3. The van der Waals surface area contributed by atoms with Crippen molar-refractivity contribution in [1.29, 1.82) is 0 Å². The lowest BCUT2D eigenvalue weighted by molar-refractivity contribution is 0.170. The van der Waals surface area contributed by atoms with Gasteiger partial charge >= 0.3 is 0 Å². The third-order valence-electron chi connectivity index (χ3n) is 2.25. The number of pyridine rings is 1. The van der Waals surface area contributed by atoms with Gasteiger partial charge in [0.05, 0.1) is 6.10 Å². The minimum absolute atomic E-state index is 0.224. The molecule has 1 aromatic heterocycles. The summed E-state index contributed by atoms with van der Waals surface area (Å²) in [6, 6.07) is 3.78. The Balaban J connectivity index is 2.66. The van der Waals surface area contributed by atoms with E-state index in [9.17, 15) is 0 Å². The van der Waals surface area contributed by atoms with Crippen LogP contribution in [0.2, 0.25) is 0 Å². The molecule has 1 N–H and O–H groups in total. The number of nitrogens with zero attached hydrogens (tertiary/aromatic N) is 1. The van der Waals surface area contributed by atoms with Crippen LogP contribution in [0.4, 0.5) is 5.82 Å². The molecular formula is C11H18N2O. The van der Waals surface area contributed by atoms with Gasteiger partial charge in [0, 0.05) is 19.3 Å². The second kappa shape index (κ2) is 4.84. The lowest BCUT2D eigenvalue weighted by Gasteiger charge is -2.18. The summed E-state index contributed by atoms with van der Waals surface area (Å²) < 4.78 is 5.74. The van der Waals surface area contributed by atoms with Crippen LogP contribution in [0, 0.1) is 5.92 Å². The average molecular weight is 194 g/mol. The smallest absolute Gasteiger partial charge is 0.129 e. The number of anilines is 1. The largest absolute Gasteiger partial charge is 0.490 e. The molecule has 0 saturated carbocycles. The van der Waals surface area contributed by atoms with E-state index in [0.29, 0.717) is 5.92 Å². The minimum Gasteiger partial charge on any atom is -0.490 e. The zero-order valence-electron chi connectivity index (χ0n) is 9.24. The molecule has 1 atom stereocenters. The number of nitrogens with one attached hydrogen (secondary N) is 1. The van der Waals surface area contributed by atoms with Crippen LogP contribution in [-0.4, -0.2) is 18.1 Å². The Morgan fingerprint density at radius 3 is 2.64 bits per heavy atom. The van der Waals surface area contributed by atoms with Crippen molar-refractivity contribution >= 4 is 5.82 Å². The van der Waals surface area contributed by atoms with E-state index >= 15 is 0 Å². The number of hydrogen-bond donors (Lipinski definition) is 1. The second-order valence-electron chi connectivity index (χ2n) is 3.69. The zero-order chi connectivity index (χ0) is 10.6. The van der Waals surface area contributed by atoms with E-state index in [1.807, 2.05) is 19.2 Å². The molecular weight excluding hydrogens is 176 g/mol. The van der Waals surface area contributed by atoms with Crippen molar-refractivity contribution in [3.05, 3.63) is 18.3 Å². The summed E-state index contributed by atoms with van der Waals surface area (Å²) in [5, 5.41) is 2.98. The molecule has 0 fully saturated rings. The Morgan fingerprint density at radius 2 is 2.07 bits per heavy atom. The van der Waals surface area contributed by atoms with Crippen LogP contribution < -0.4 is 10.1 Å². The van der Waals surface area contributed by atoms with Gasteiger partial charge in [0.15, 0.2) is 0 Å². The lowest BCUT2D eigenvalue weighted by atomic mass is 10.1. The monoisotopic (exact) mass is 194 g/mol. The van der Waals surface area contributed by atoms with Crippen LogP contribution in [0.1, 0.15) is 20.8 Å². The summed E-state index contributed by atoms with van der Waals surface area (Å²) in [6.07, 6.45) is 1.97. The van der Waals surface area contributed by atoms with Gasteiger partial charge in [-0.25, -0.2) is 4.98 Å². The van der Waals surface area contributed by atoms with E-state index < -0.39 is 0 Å². The lowest BCUT2D eigenvalue weighted by Crippen LogP contribution is -2.18. The molecule has 1 aromatic rings. The van der Waals surface area contributed by atoms with E-state index in [4.69, 9.17) is 4.74 Å². The molecule has 0 saturated heterocycles. The highest BCUT2D eigenvalue weighted by atomic mass is 16.5. The van der Waals surface area contributed by atoms with Crippen LogP contribution in [0.3, 0.4) is 0 Å². The highest BCUT2D eigenvalue weighted by Crippen LogP contribution is 2.17. The Bertz CT molecular complexity index is 286. The van der Waals surface area contributed by atoms with Crippen LogP contribution in [0.15, 0.2) is 18.3 Å². The predicted octanol–water partition coefficient (Wildman–Crippen LogP) is 2.55. The van der Waals surface area contributed by atoms with Gasteiger partial charge < -0.3 is 10.1 Å². The Labute approximate surface area is 85.5 Å². The summed E-state index contributed by atoms with van der Waals surface area (Å²) in [6.45, 7) is 6.36. The maximum absolute atomic E-state index is 5.74. The summed E-state index contributed by atoms with van der Waals surface area (Å²) in [7, 11) is 1.85. The first-order valence-corrected chi connectivity index (χ1v) is 4.94. The van der Waals surface area contributed by atoms with Crippen molar-refractivity contribution in [2.75, 3.05) is 12.4 Å². The summed E-state index contributed by atoms with van der Waals surface area (Å²) in [5.41, 5.74) is 0. The first-order chi connectivity index (χ1) is 6.63. The molecule has 0 aliphatic carbocycles. The molecule has 0 aliphatic heterocycles. The molecule has 0 aromatic carbocycles. The average Bonchev–Trinajstić information content (AvgIpc) is 2.18. The Hall–Kier alpha value is -1.25. The SMILES string of the molecule is CNc1cc(OC(C)C(C)C)ccn1. The van der Waals surface area contributed by atoms with Gasteiger partial charge in [-0.3, -0.25) is 0 Å². The molecule has 0 aliphatic rings. The van der Waals surface area contributed by atoms with Crippen molar-refractivity contribution in [3.8, 4) is 5.75 Å². The van der Waals surface area contributed by atoms with Crippen LogP contribution >= 0.6 is 0 Å². The van der Waals surface area contributed by atoms with E-state index in [2.05, 4.69) is 31.1 Å². The Kier molecular flexibility index (Phi) is 3.74. The molecule has 0 bridgehead atoms. The van der Waals surface area contributed by atoms with Crippen LogP contribution in [0.25, 0.3) is 0 Å². The molecule has 0 amide bonds. The molecule has 3 nitrogen and oxygen atoms in total. The maximum atomic E-state index is 5.74. The van der Waals surface area contributed by atoms with Crippen molar-refractivity contribution < 1.29 is 4.74 Å². The fourth-order valence-electron chi connectivity index (χ4n) is 0.972. The number of aromatic nitrogens is 1. The maximum Gasteiger partial charge on any atom is 0.129 e. The van der Waals surface area contributed by atoms with E-state index in [-0.39, 0.29) is 6.10 Å². The highest BCUT2D eigenvalue weighted by Gasteiger charge is 2.08. The van der Waals surface area contributed by atoms with Crippen molar-refractivity contribution in [2.24, 2.45) is 5.92 Å². The fraction of sp³-hybridized carbons (Fsp3) is 0.545. The number of rotatable bonds is 4. The summed E-state index contributed by atoms with van der Waals surface area (Å²) >= 11 is 0. The first kappa shape index (κ1) is 10.8. The first-order valence-electron chi connectivity index (χ1n) is 4.94. The second-order valence-corrected chi connectivity index (χ2v) is 3.69. The fourth-order valence-corrected chi connectivity index (χ4v) is 0.972. The van der Waals surface area contributed by atoms with Gasteiger partial charge in [0.1, 0.15) is 11.6 Å². The van der Waals surface area contributed by atoms with E-state index in [0.717, 1.165) is 11.6 Å². The molecule has 3 heteroatoms. The van der Waals surface area contributed by atoms with Gasteiger partial charge in [-0.1, -0.05) is 13.8 Å². The molecule has 14 heavy (non-hydrogen) atoms. The van der Waals surface area contributed by atoms with E-state index in [1.54, 1.807) is 6.20 Å². The van der Waals surface area contributed by atoms with Gasteiger partial charge in [-0.05, 0) is 18.9 Å². The summed E-state index contributed by atoms with van der Waals surface area (Å²) in [4.78, 5) is 4.12. The van der Waals surface area contributed by atoms with Crippen molar-refractivity contribution in [3.63, 3.8) is 0 Å². The third kappa shape index (κ3) is 2.91. The minimum atomic E-state index is 0.224.